The third-order valence-electron chi connectivity index (χ3n) is 5.05. The summed E-state index contributed by atoms with van der Waals surface area (Å²) in [5.41, 5.74) is -1.39. The first-order chi connectivity index (χ1) is 15.4. The molecule has 7 nitrogen and oxygen atoms in total. The van der Waals surface area contributed by atoms with Gasteiger partial charge in [0, 0.05) is 18.7 Å². The van der Waals surface area contributed by atoms with Crippen LogP contribution in [0.4, 0.5) is 29.2 Å². The van der Waals surface area contributed by atoms with E-state index < -0.39 is 39.4 Å². The van der Waals surface area contributed by atoms with Crippen molar-refractivity contribution in [3.63, 3.8) is 0 Å². The van der Waals surface area contributed by atoms with E-state index in [-0.39, 0.29) is 22.0 Å². The Balaban J connectivity index is 1.70. The average molecular weight is 482 g/mol. The Hall–Kier alpha value is -3.25. The van der Waals surface area contributed by atoms with Gasteiger partial charge in [-0.25, -0.2) is 14.4 Å². The Morgan fingerprint density at radius 2 is 1.82 bits per heavy atom. The van der Waals surface area contributed by atoms with Gasteiger partial charge in [0.15, 0.2) is 5.03 Å². The highest BCUT2D eigenvalue weighted by atomic mass is 32.2. The molecule has 2 N–H and O–H groups in total. The number of β-amino-alcohol motifs (C(OH)–C–C–N with tert-alkyl or cyclic N) is 1. The van der Waals surface area contributed by atoms with E-state index in [2.05, 4.69) is 14.7 Å². The number of anilines is 2. The Morgan fingerprint density at radius 1 is 1.09 bits per heavy atom. The van der Waals surface area contributed by atoms with Crippen molar-refractivity contribution in [2.45, 2.75) is 24.2 Å². The van der Waals surface area contributed by atoms with Crippen LogP contribution in [0.1, 0.15) is 11.1 Å². The molecular weight excluding hydrogens is 464 g/mol. The van der Waals surface area contributed by atoms with E-state index >= 15 is 0 Å². The van der Waals surface area contributed by atoms with Crippen LogP contribution < -0.4 is 9.62 Å². The van der Waals surface area contributed by atoms with Gasteiger partial charge in [0.25, 0.3) is 10.0 Å². The third kappa shape index (κ3) is 4.76. The lowest BCUT2D eigenvalue weighted by molar-refractivity contribution is -0.137. The van der Waals surface area contributed by atoms with Crippen LogP contribution in [0.2, 0.25) is 0 Å². The summed E-state index contributed by atoms with van der Waals surface area (Å²) in [5.74, 6) is -0.637. The van der Waals surface area contributed by atoms with Gasteiger partial charge >= 0.3 is 6.18 Å². The first-order valence-corrected chi connectivity index (χ1v) is 11.2. The summed E-state index contributed by atoms with van der Waals surface area (Å²) in [6.07, 6.45) is -5.28. The zero-order valence-electron chi connectivity index (χ0n) is 17.1. The van der Waals surface area contributed by atoms with Gasteiger partial charge in [-0.3, -0.25) is 4.72 Å². The number of hydrogen-bond acceptors (Lipinski definition) is 6. The van der Waals surface area contributed by atoms with Crippen molar-refractivity contribution < 1.29 is 31.1 Å². The van der Waals surface area contributed by atoms with Crippen LogP contribution in [-0.4, -0.2) is 42.7 Å². The largest absolute Gasteiger partial charge is 0.418 e. The molecule has 33 heavy (non-hydrogen) atoms. The van der Waals surface area contributed by atoms with Crippen molar-refractivity contribution in [3.8, 4) is 11.3 Å². The van der Waals surface area contributed by atoms with Crippen LogP contribution in [0.25, 0.3) is 11.3 Å². The fraction of sp³-hybridized carbons (Fsp3) is 0.238. The molecule has 174 valence electrons. The molecule has 0 radical (unpaired) electrons. The second kappa shape index (κ2) is 8.27. The second-order valence-electron chi connectivity index (χ2n) is 7.55. The number of benzene rings is 1. The molecule has 3 heterocycles. The van der Waals surface area contributed by atoms with E-state index in [1.165, 1.54) is 19.1 Å². The summed E-state index contributed by atoms with van der Waals surface area (Å²) in [5, 5.41) is 9.07. The number of aryl methyl sites for hydroxylation is 1. The molecule has 1 aliphatic heterocycles. The van der Waals surface area contributed by atoms with E-state index in [0.717, 1.165) is 24.3 Å². The molecule has 0 spiro atoms. The van der Waals surface area contributed by atoms with Crippen LogP contribution in [0.5, 0.6) is 0 Å². The Labute approximate surface area is 186 Å². The van der Waals surface area contributed by atoms with Crippen molar-refractivity contribution >= 4 is 21.7 Å². The molecular formula is C21H18F4N4O3S. The quantitative estimate of drug-likeness (QED) is 0.540. The minimum absolute atomic E-state index is 0.0150. The van der Waals surface area contributed by atoms with Crippen molar-refractivity contribution in [2.75, 3.05) is 22.7 Å². The van der Waals surface area contributed by atoms with E-state index in [9.17, 15) is 31.1 Å². The van der Waals surface area contributed by atoms with Gasteiger partial charge in [-0.1, -0.05) is 6.07 Å². The van der Waals surface area contributed by atoms with Crippen LogP contribution in [0, 0.1) is 12.7 Å². The van der Waals surface area contributed by atoms with E-state index in [1.54, 1.807) is 11.0 Å². The standard InChI is InChI=1S/C21H18F4N4O3S/c1-12-9-13(22)5-6-15(12)20-16(21(23,24)25)7-8-17(26-20)28-33(31,32)19-4-2-3-18(27-19)29-10-14(30)11-29/h2-9,14,30H,10-11H2,1H3,(H,26,28). The molecule has 0 unspecified atom stereocenters. The monoisotopic (exact) mass is 482 g/mol. The summed E-state index contributed by atoms with van der Waals surface area (Å²) in [4.78, 5) is 9.65. The van der Waals surface area contributed by atoms with Gasteiger partial charge < -0.3 is 10.0 Å². The average Bonchev–Trinajstić information content (AvgIpc) is 2.70. The number of aliphatic hydroxyl groups is 1. The first-order valence-electron chi connectivity index (χ1n) is 9.72. The highest BCUT2D eigenvalue weighted by Gasteiger charge is 2.35. The van der Waals surface area contributed by atoms with Gasteiger partial charge in [-0.05, 0) is 55.0 Å². The molecule has 1 aromatic carbocycles. The number of halogens is 4. The van der Waals surface area contributed by atoms with Crippen LogP contribution in [0.15, 0.2) is 53.6 Å². The molecule has 1 saturated heterocycles. The minimum Gasteiger partial charge on any atom is -0.389 e. The van der Waals surface area contributed by atoms with Crippen molar-refractivity contribution in [3.05, 3.63) is 65.5 Å². The highest BCUT2D eigenvalue weighted by molar-refractivity contribution is 7.92. The molecule has 12 heteroatoms. The normalized spacial score (nSPS) is 14.8. The van der Waals surface area contributed by atoms with Gasteiger partial charge in [0.2, 0.25) is 0 Å². The zero-order chi connectivity index (χ0) is 24.0. The van der Waals surface area contributed by atoms with E-state index in [4.69, 9.17) is 0 Å². The number of nitrogens with one attached hydrogen (secondary N) is 1. The van der Waals surface area contributed by atoms with Crippen LogP contribution >= 0.6 is 0 Å². The molecule has 0 aliphatic carbocycles. The van der Waals surface area contributed by atoms with Gasteiger partial charge in [0.1, 0.15) is 17.5 Å². The van der Waals surface area contributed by atoms with Gasteiger partial charge in [-0.15, -0.1) is 0 Å². The summed E-state index contributed by atoms with van der Waals surface area (Å²) in [6.45, 7) is 2.05. The second-order valence-corrected chi connectivity index (χ2v) is 9.18. The molecule has 0 atom stereocenters. The number of hydrogen-bond donors (Lipinski definition) is 2. The number of sulfonamides is 1. The molecule has 2 aromatic heterocycles. The van der Waals surface area contributed by atoms with Crippen LogP contribution in [0.3, 0.4) is 0 Å². The van der Waals surface area contributed by atoms with Crippen molar-refractivity contribution in [2.24, 2.45) is 0 Å². The SMILES string of the molecule is Cc1cc(F)ccc1-c1nc(NS(=O)(=O)c2cccc(N3CC(O)C3)n2)ccc1C(F)(F)F. The molecule has 4 rings (SSSR count). The number of nitrogens with zero attached hydrogens (tertiary/aromatic N) is 3. The molecule has 0 saturated carbocycles. The molecule has 3 aromatic rings. The Bertz CT molecular complexity index is 1310. The summed E-state index contributed by atoms with van der Waals surface area (Å²) in [7, 11) is -4.29. The Kier molecular flexibility index (Phi) is 5.74. The molecule has 0 bridgehead atoms. The number of pyridine rings is 2. The smallest absolute Gasteiger partial charge is 0.389 e. The zero-order valence-corrected chi connectivity index (χ0v) is 18.0. The van der Waals surface area contributed by atoms with E-state index in [1.807, 2.05) is 0 Å². The highest BCUT2D eigenvalue weighted by Crippen LogP contribution is 2.38. The molecule has 1 aliphatic rings. The van der Waals surface area contributed by atoms with Gasteiger partial charge in [-0.2, -0.15) is 21.6 Å². The maximum Gasteiger partial charge on any atom is 0.418 e. The lowest BCUT2D eigenvalue weighted by Crippen LogP contribution is -2.51. The minimum atomic E-state index is -4.77. The lowest BCUT2D eigenvalue weighted by atomic mass is 10.0. The van der Waals surface area contributed by atoms with Crippen LogP contribution in [-0.2, 0) is 16.2 Å². The Morgan fingerprint density at radius 3 is 2.45 bits per heavy atom. The number of alkyl halides is 3. The molecule has 0 amide bonds. The topological polar surface area (TPSA) is 95.4 Å². The third-order valence-corrected chi connectivity index (χ3v) is 6.31. The maximum atomic E-state index is 13.6. The number of aliphatic hydroxyl groups excluding tert-OH is 1. The number of aromatic nitrogens is 2. The fourth-order valence-electron chi connectivity index (χ4n) is 3.40. The summed E-state index contributed by atoms with van der Waals surface area (Å²) >= 11 is 0. The number of rotatable bonds is 5. The van der Waals surface area contributed by atoms with Crippen molar-refractivity contribution in [1.82, 2.24) is 9.97 Å². The van der Waals surface area contributed by atoms with Gasteiger partial charge in [0.05, 0.1) is 17.4 Å². The van der Waals surface area contributed by atoms with Crippen molar-refractivity contribution in [1.29, 1.82) is 0 Å². The summed E-state index contributed by atoms with van der Waals surface area (Å²) < 4.78 is 82.0. The molecule has 1 fully saturated rings. The summed E-state index contributed by atoms with van der Waals surface area (Å²) in [6, 6.07) is 9.13. The first kappa shape index (κ1) is 22.9. The lowest BCUT2D eigenvalue weighted by Gasteiger charge is -2.36. The predicted molar refractivity (Wildman–Crippen MR) is 113 cm³/mol. The maximum absolute atomic E-state index is 13.6. The fourth-order valence-corrected chi connectivity index (χ4v) is 4.37. The van der Waals surface area contributed by atoms with E-state index in [0.29, 0.717) is 25.0 Å². The predicted octanol–water partition coefficient (Wildman–Crippen LogP) is 3.59.